The topological polar surface area (TPSA) is 66.2 Å². The molecular formula is C17H16ClN3O2. The molecule has 3 rings (SSSR count). The normalized spacial score (nSPS) is 11.9. The van der Waals surface area contributed by atoms with E-state index in [0.717, 1.165) is 10.9 Å². The molecule has 0 aliphatic rings. The summed E-state index contributed by atoms with van der Waals surface area (Å²) in [5, 5.41) is 1.94. The molecule has 0 bridgehead atoms. The zero-order chi connectivity index (χ0) is 16.6. The lowest BCUT2D eigenvalue weighted by molar-refractivity contribution is 0.415. The van der Waals surface area contributed by atoms with Gasteiger partial charge in [0, 0.05) is 18.7 Å². The lowest BCUT2D eigenvalue weighted by atomic mass is 10.2. The molecule has 3 aromatic rings. The van der Waals surface area contributed by atoms with Crippen LogP contribution in [0.2, 0.25) is 5.02 Å². The Hall–Kier alpha value is -2.66. The van der Waals surface area contributed by atoms with Crippen LogP contribution in [0.4, 0.5) is 5.95 Å². The summed E-state index contributed by atoms with van der Waals surface area (Å²) in [6.45, 7) is 3.95. The number of rotatable bonds is 3. The van der Waals surface area contributed by atoms with Gasteiger partial charge in [-0.05, 0) is 30.3 Å². The van der Waals surface area contributed by atoms with Crippen molar-refractivity contribution in [2.45, 2.75) is 0 Å². The van der Waals surface area contributed by atoms with Gasteiger partial charge >= 0.3 is 0 Å². The third-order valence-electron chi connectivity index (χ3n) is 3.62. The number of hydrogen-bond acceptors (Lipinski definition) is 4. The van der Waals surface area contributed by atoms with Crippen molar-refractivity contribution in [2.75, 3.05) is 12.8 Å². The fourth-order valence-corrected chi connectivity index (χ4v) is 2.49. The number of hydrogen-bond donors (Lipinski definition) is 1. The van der Waals surface area contributed by atoms with Crippen LogP contribution in [0.15, 0.2) is 34.7 Å². The van der Waals surface area contributed by atoms with E-state index in [9.17, 15) is 0 Å². The summed E-state index contributed by atoms with van der Waals surface area (Å²) in [5.41, 5.74) is 6.64. The molecule has 0 atom stereocenters. The van der Waals surface area contributed by atoms with Gasteiger partial charge in [0.15, 0.2) is 0 Å². The van der Waals surface area contributed by atoms with Crippen LogP contribution in [0.3, 0.4) is 0 Å². The molecule has 0 spiro atoms. The Morgan fingerprint density at radius 1 is 1.35 bits per heavy atom. The first kappa shape index (κ1) is 15.2. The molecule has 2 aromatic heterocycles. The number of benzene rings is 1. The second kappa shape index (κ2) is 5.85. The van der Waals surface area contributed by atoms with Crippen LogP contribution in [0.5, 0.6) is 5.75 Å². The van der Waals surface area contributed by atoms with Gasteiger partial charge in [-0.1, -0.05) is 18.2 Å². The second-order valence-corrected chi connectivity index (χ2v) is 5.46. The molecule has 0 aliphatic carbocycles. The van der Waals surface area contributed by atoms with Crippen molar-refractivity contribution in [2.24, 2.45) is 7.05 Å². The quantitative estimate of drug-likeness (QED) is 0.799. The van der Waals surface area contributed by atoms with Crippen molar-refractivity contribution < 1.29 is 9.15 Å². The molecule has 0 saturated carbocycles. The maximum atomic E-state index is 6.15. The van der Waals surface area contributed by atoms with E-state index in [4.69, 9.17) is 26.5 Å². The van der Waals surface area contributed by atoms with Crippen molar-refractivity contribution in [3.63, 3.8) is 0 Å². The predicted molar refractivity (Wildman–Crippen MR) is 91.7 cm³/mol. The fraction of sp³-hybridized carbons (Fsp3) is 0.118. The number of halogens is 1. The third kappa shape index (κ3) is 2.83. The van der Waals surface area contributed by atoms with Crippen LogP contribution in [0, 0.1) is 0 Å². The van der Waals surface area contributed by atoms with Gasteiger partial charge in [-0.25, -0.2) is 4.98 Å². The molecule has 6 heteroatoms. The average molecular weight is 330 g/mol. The zero-order valence-corrected chi connectivity index (χ0v) is 13.6. The summed E-state index contributed by atoms with van der Waals surface area (Å²) in [5.74, 6) is 2.40. The monoisotopic (exact) mass is 329 g/mol. The smallest absolute Gasteiger partial charge is 0.200 e. The Morgan fingerprint density at radius 3 is 2.74 bits per heavy atom. The van der Waals surface area contributed by atoms with E-state index in [1.165, 1.54) is 0 Å². The minimum Gasteiger partial charge on any atom is -0.495 e. The highest BCUT2D eigenvalue weighted by atomic mass is 35.5. The number of anilines is 1. The Kier molecular flexibility index (Phi) is 3.88. The van der Waals surface area contributed by atoms with E-state index >= 15 is 0 Å². The molecule has 0 saturated heterocycles. The molecule has 0 aliphatic heterocycles. The molecule has 0 unspecified atom stereocenters. The lowest BCUT2D eigenvalue weighted by Crippen LogP contribution is -2.27. The van der Waals surface area contributed by atoms with E-state index in [0.29, 0.717) is 33.6 Å². The van der Waals surface area contributed by atoms with Crippen LogP contribution >= 0.6 is 11.6 Å². The Balaban J connectivity index is 1.99. The molecule has 2 heterocycles. The minimum atomic E-state index is 0.412. The Bertz CT molecular complexity index is 972. The van der Waals surface area contributed by atoms with Crippen molar-refractivity contribution >= 4 is 30.2 Å². The first-order chi connectivity index (χ1) is 11.0. The van der Waals surface area contributed by atoms with Crippen molar-refractivity contribution in [1.82, 2.24) is 9.55 Å². The number of nitrogens with zero attached hydrogens (tertiary/aromatic N) is 2. The lowest BCUT2D eigenvalue weighted by Gasteiger charge is -2.03. The van der Waals surface area contributed by atoms with Crippen LogP contribution in [0.25, 0.3) is 24.0 Å². The number of furan rings is 1. The van der Waals surface area contributed by atoms with Gasteiger partial charge in [0.1, 0.15) is 17.3 Å². The zero-order valence-electron chi connectivity index (χ0n) is 12.8. The van der Waals surface area contributed by atoms with Gasteiger partial charge < -0.3 is 19.5 Å². The summed E-state index contributed by atoms with van der Waals surface area (Å²) in [6, 6.07) is 9.22. The average Bonchev–Trinajstić information content (AvgIpc) is 3.09. The Morgan fingerprint density at radius 2 is 2.13 bits per heavy atom. The highest BCUT2D eigenvalue weighted by molar-refractivity contribution is 6.32. The molecule has 0 radical (unpaired) electrons. The van der Waals surface area contributed by atoms with E-state index in [1.807, 2.05) is 25.2 Å². The van der Waals surface area contributed by atoms with Crippen LogP contribution < -0.4 is 21.2 Å². The summed E-state index contributed by atoms with van der Waals surface area (Å²) < 4.78 is 12.7. The third-order valence-corrected chi connectivity index (χ3v) is 3.92. The minimum absolute atomic E-state index is 0.412. The molecule has 0 fully saturated rings. The molecule has 2 N–H and O–H groups in total. The molecule has 0 amide bonds. The second-order valence-electron chi connectivity index (χ2n) is 5.06. The number of imidazole rings is 1. The van der Waals surface area contributed by atoms with E-state index in [1.54, 1.807) is 29.9 Å². The fourth-order valence-electron chi connectivity index (χ4n) is 2.23. The molecule has 118 valence electrons. The highest BCUT2D eigenvalue weighted by Crippen LogP contribution is 2.31. The molecular weight excluding hydrogens is 314 g/mol. The van der Waals surface area contributed by atoms with Gasteiger partial charge in [-0.15, -0.1) is 0 Å². The van der Waals surface area contributed by atoms with E-state index in [2.05, 4.69) is 11.6 Å². The van der Waals surface area contributed by atoms with Gasteiger partial charge in [0.25, 0.3) is 0 Å². The van der Waals surface area contributed by atoms with Crippen molar-refractivity contribution in [3.05, 3.63) is 51.8 Å². The number of nitrogen functional groups attached to an aromatic ring is 1. The van der Waals surface area contributed by atoms with Crippen molar-refractivity contribution in [1.29, 1.82) is 0 Å². The van der Waals surface area contributed by atoms with Crippen molar-refractivity contribution in [3.8, 4) is 17.1 Å². The van der Waals surface area contributed by atoms with Gasteiger partial charge in [-0.2, -0.15) is 0 Å². The first-order valence-electron chi connectivity index (χ1n) is 6.92. The number of nitrogens with two attached hydrogens (primary N) is 1. The highest BCUT2D eigenvalue weighted by Gasteiger charge is 2.08. The summed E-state index contributed by atoms with van der Waals surface area (Å²) in [6.07, 6.45) is 1.80. The van der Waals surface area contributed by atoms with Crippen LogP contribution in [-0.2, 0) is 7.05 Å². The van der Waals surface area contributed by atoms with E-state index < -0.39 is 0 Å². The number of aromatic nitrogens is 2. The Labute approximate surface area is 138 Å². The van der Waals surface area contributed by atoms with Crippen LogP contribution in [-0.4, -0.2) is 16.7 Å². The molecule has 5 nitrogen and oxygen atoms in total. The van der Waals surface area contributed by atoms with Gasteiger partial charge in [0.05, 0.1) is 22.8 Å². The van der Waals surface area contributed by atoms with Gasteiger partial charge in [0.2, 0.25) is 5.95 Å². The molecule has 1 aromatic carbocycles. The number of methoxy groups -OCH3 is 1. The maximum absolute atomic E-state index is 6.15. The summed E-state index contributed by atoms with van der Waals surface area (Å²) in [7, 11) is 3.39. The summed E-state index contributed by atoms with van der Waals surface area (Å²) >= 11 is 6.15. The maximum Gasteiger partial charge on any atom is 0.200 e. The largest absolute Gasteiger partial charge is 0.495 e. The summed E-state index contributed by atoms with van der Waals surface area (Å²) in [4.78, 5) is 4.25. The standard InChI is InChI=1S/C17H16ClN3O2/c1-10-14(20-17(19)21(10)2)9-12-5-7-15(23-12)11-4-6-16(22-3)13(18)8-11/h4-9H,1H2,2-3H3,(H2,19,20)/b14-9+. The molecule has 23 heavy (non-hydrogen) atoms. The predicted octanol–water partition coefficient (Wildman–Crippen LogP) is 2.16. The SMILES string of the molecule is C=c1/c(=C\c2ccc(-c3ccc(OC)c(Cl)c3)o2)nc(N)n1C. The van der Waals surface area contributed by atoms with Crippen LogP contribution in [0.1, 0.15) is 5.76 Å². The van der Waals surface area contributed by atoms with E-state index in [-0.39, 0.29) is 0 Å². The number of ether oxygens (including phenoxy) is 1. The first-order valence-corrected chi connectivity index (χ1v) is 7.30. The van der Waals surface area contributed by atoms with Gasteiger partial charge in [-0.3, -0.25) is 0 Å².